The molecule has 150 valence electrons. The van der Waals surface area contributed by atoms with Crippen LogP contribution in [-0.4, -0.2) is 51.9 Å². The molecule has 1 amide bonds. The van der Waals surface area contributed by atoms with Crippen molar-refractivity contribution in [2.45, 2.75) is 19.5 Å². The van der Waals surface area contributed by atoms with Gasteiger partial charge in [0.25, 0.3) is 5.91 Å². The summed E-state index contributed by atoms with van der Waals surface area (Å²) in [6.45, 7) is 1.71. The van der Waals surface area contributed by atoms with Crippen molar-refractivity contribution < 1.29 is 4.79 Å². The van der Waals surface area contributed by atoms with Crippen LogP contribution in [0, 0.1) is 0 Å². The van der Waals surface area contributed by atoms with Gasteiger partial charge in [-0.1, -0.05) is 30.3 Å². The van der Waals surface area contributed by atoms with Crippen molar-refractivity contribution in [3.8, 4) is 11.5 Å². The highest BCUT2D eigenvalue weighted by Crippen LogP contribution is 2.29. The molecule has 9 nitrogen and oxygen atoms in total. The van der Waals surface area contributed by atoms with Crippen molar-refractivity contribution in [1.29, 1.82) is 0 Å². The van der Waals surface area contributed by atoms with Gasteiger partial charge in [0.05, 0.1) is 19.3 Å². The van der Waals surface area contributed by atoms with Gasteiger partial charge < -0.3 is 9.47 Å². The molecule has 5 rings (SSSR count). The first kappa shape index (κ1) is 18.2. The standard InChI is InChI=1S/C21H20N8O/c1-27-18-7-10-28(21(30)17-11-22-8-9-23-17)13-16(18)19(26-27)20-25-24-14-29(20)12-15-5-3-2-4-6-15/h2-6,8-9,11,14H,7,10,12-13H2,1H3. The molecule has 30 heavy (non-hydrogen) atoms. The van der Waals surface area contributed by atoms with Crippen LogP contribution in [0.25, 0.3) is 11.5 Å². The fourth-order valence-electron chi connectivity index (χ4n) is 3.85. The van der Waals surface area contributed by atoms with Gasteiger partial charge in [0.1, 0.15) is 17.7 Å². The van der Waals surface area contributed by atoms with Crippen LogP contribution in [0.3, 0.4) is 0 Å². The Hall–Kier alpha value is -3.88. The summed E-state index contributed by atoms with van der Waals surface area (Å²) in [6.07, 6.45) is 7.03. The summed E-state index contributed by atoms with van der Waals surface area (Å²) in [5.41, 5.74) is 4.38. The molecule has 0 spiro atoms. The Morgan fingerprint density at radius 2 is 2.03 bits per heavy atom. The number of amides is 1. The Kier molecular flexibility index (Phi) is 4.55. The fraction of sp³-hybridized carbons (Fsp3) is 0.238. The molecule has 0 bridgehead atoms. The largest absolute Gasteiger partial charge is 0.332 e. The van der Waals surface area contributed by atoms with Crippen molar-refractivity contribution in [2.24, 2.45) is 7.05 Å². The van der Waals surface area contributed by atoms with Gasteiger partial charge in [-0.2, -0.15) is 5.10 Å². The molecular weight excluding hydrogens is 380 g/mol. The van der Waals surface area contributed by atoms with Crippen LogP contribution in [-0.2, 0) is 26.6 Å². The van der Waals surface area contributed by atoms with Gasteiger partial charge in [0, 0.05) is 43.7 Å². The molecule has 9 heteroatoms. The Balaban J connectivity index is 1.47. The number of aryl methyl sites for hydroxylation is 1. The second-order valence-electron chi connectivity index (χ2n) is 7.23. The molecule has 4 aromatic rings. The average molecular weight is 400 g/mol. The second kappa shape index (κ2) is 7.51. The van der Waals surface area contributed by atoms with Gasteiger partial charge in [-0.25, -0.2) is 4.98 Å². The second-order valence-corrected chi connectivity index (χ2v) is 7.23. The predicted octanol–water partition coefficient (Wildman–Crippen LogP) is 1.72. The van der Waals surface area contributed by atoms with E-state index in [1.165, 1.54) is 12.4 Å². The molecule has 1 aliphatic rings. The third kappa shape index (κ3) is 3.24. The van der Waals surface area contributed by atoms with E-state index in [9.17, 15) is 4.79 Å². The van der Waals surface area contributed by atoms with E-state index < -0.39 is 0 Å². The van der Waals surface area contributed by atoms with E-state index in [4.69, 9.17) is 5.10 Å². The normalized spacial score (nSPS) is 13.3. The summed E-state index contributed by atoms with van der Waals surface area (Å²) in [6, 6.07) is 10.2. The summed E-state index contributed by atoms with van der Waals surface area (Å²) in [5, 5.41) is 13.2. The average Bonchev–Trinajstić information content (AvgIpc) is 3.38. The van der Waals surface area contributed by atoms with Crippen LogP contribution in [0.5, 0.6) is 0 Å². The minimum Gasteiger partial charge on any atom is -0.332 e. The smallest absolute Gasteiger partial charge is 0.274 e. The molecule has 0 atom stereocenters. The first-order valence-corrected chi connectivity index (χ1v) is 9.73. The summed E-state index contributed by atoms with van der Waals surface area (Å²) >= 11 is 0. The van der Waals surface area contributed by atoms with E-state index >= 15 is 0 Å². The first-order valence-electron chi connectivity index (χ1n) is 9.73. The zero-order valence-corrected chi connectivity index (χ0v) is 16.5. The first-order chi connectivity index (χ1) is 14.7. The predicted molar refractivity (Wildman–Crippen MR) is 108 cm³/mol. The minimum absolute atomic E-state index is 0.130. The van der Waals surface area contributed by atoms with Crippen molar-refractivity contribution in [2.75, 3.05) is 6.54 Å². The Morgan fingerprint density at radius 3 is 2.83 bits per heavy atom. The van der Waals surface area contributed by atoms with Gasteiger partial charge in [-0.05, 0) is 5.56 Å². The SMILES string of the molecule is Cn1nc(-c2nncn2Cc2ccccc2)c2c1CCN(C(=O)c1cnccn1)C2. The van der Waals surface area contributed by atoms with E-state index in [0.29, 0.717) is 31.2 Å². The molecule has 1 aromatic carbocycles. The molecule has 4 heterocycles. The number of hydrogen-bond donors (Lipinski definition) is 0. The van der Waals surface area contributed by atoms with E-state index in [-0.39, 0.29) is 5.91 Å². The van der Waals surface area contributed by atoms with Crippen LogP contribution in [0.4, 0.5) is 0 Å². The van der Waals surface area contributed by atoms with Gasteiger partial charge in [0.2, 0.25) is 0 Å². The molecule has 0 saturated carbocycles. The molecule has 1 aliphatic heterocycles. The number of rotatable bonds is 4. The lowest BCUT2D eigenvalue weighted by Gasteiger charge is -2.27. The topological polar surface area (TPSA) is 94.6 Å². The van der Waals surface area contributed by atoms with Crippen LogP contribution >= 0.6 is 0 Å². The Morgan fingerprint density at radius 1 is 1.17 bits per heavy atom. The molecule has 0 N–H and O–H groups in total. The summed E-state index contributed by atoms with van der Waals surface area (Å²) in [4.78, 5) is 22.8. The molecule has 0 aliphatic carbocycles. The van der Waals surface area contributed by atoms with Crippen LogP contribution < -0.4 is 0 Å². The number of benzene rings is 1. The summed E-state index contributed by atoms with van der Waals surface area (Å²) < 4.78 is 3.87. The number of fused-ring (bicyclic) bond motifs is 1. The maximum Gasteiger partial charge on any atom is 0.274 e. The Labute approximate surface area is 173 Å². The van der Waals surface area contributed by atoms with Crippen molar-refractivity contribution >= 4 is 5.91 Å². The summed E-state index contributed by atoms with van der Waals surface area (Å²) in [7, 11) is 1.93. The molecule has 0 saturated heterocycles. The lowest BCUT2D eigenvalue weighted by molar-refractivity contribution is 0.0727. The lowest BCUT2D eigenvalue weighted by atomic mass is 10.0. The van der Waals surface area contributed by atoms with E-state index in [0.717, 1.165) is 28.9 Å². The van der Waals surface area contributed by atoms with Crippen LogP contribution in [0.2, 0.25) is 0 Å². The molecule has 0 unspecified atom stereocenters. The monoisotopic (exact) mass is 400 g/mol. The molecular formula is C21H20N8O. The molecule has 3 aromatic heterocycles. The van der Waals surface area contributed by atoms with Crippen molar-refractivity contribution in [3.63, 3.8) is 0 Å². The minimum atomic E-state index is -0.130. The summed E-state index contributed by atoms with van der Waals surface area (Å²) in [5.74, 6) is 0.568. The fourth-order valence-corrected chi connectivity index (χ4v) is 3.85. The van der Waals surface area contributed by atoms with Crippen LogP contribution in [0.1, 0.15) is 27.3 Å². The third-order valence-electron chi connectivity index (χ3n) is 5.33. The van der Waals surface area contributed by atoms with Gasteiger partial charge >= 0.3 is 0 Å². The molecule has 0 radical (unpaired) electrons. The number of aromatic nitrogens is 7. The quantitative estimate of drug-likeness (QED) is 0.518. The Bertz CT molecular complexity index is 1180. The van der Waals surface area contributed by atoms with Crippen molar-refractivity contribution in [3.05, 3.63) is 77.8 Å². The van der Waals surface area contributed by atoms with E-state index in [1.54, 1.807) is 17.4 Å². The number of carbonyl (C=O) groups is 1. The zero-order valence-electron chi connectivity index (χ0n) is 16.5. The van der Waals surface area contributed by atoms with Gasteiger partial charge in [-0.15, -0.1) is 10.2 Å². The highest BCUT2D eigenvalue weighted by Gasteiger charge is 2.30. The van der Waals surface area contributed by atoms with Crippen molar-refractivity contribution in [1.82, 2.24) is 39.4 Å². The van der Waals surface area contributed by atoms with Crippen LogP contribution in [0.15, 0.2) is 55.2 Å². The third-order valence-corrected chi connectivity index (χ3v) is 5.33. The maximum atomic E-state index is 12.9. The highest BCUT2D eigenvalue weighted by molar-refractivity contribution is 5.92. The maximum absolute atomic E-state index is 12.9. The lowest BCUT2D eigenvalue weighted by Crippen LogP contribution is -2.36. The highest BCUT2D eigenvalue weighted by atomic mass is 16.2. The number of nitrogens with zero attached hydrogens (tertiary/aromatic N) is 8. The number of hydrogen-bond acceptors (Lipinski definition) is 6. The van der Waals surface area contributed by atoms with E-state index in [1.807, 2.05) is 34.5 Å². The van der Waals surface area contributed by atoms with E-state index in [2.05, 4.69) is 32.3 Å². The van der Waals surface area contributed by atoms with Gasteiger partial charge in [0.15, 0.2) is 5.82 Å². The van der Waals surface area contributed by atoms with Gasteiger partial charge in [-0.3, -0.25) is 14.5 Å². The number of carbonyl (C=O) groups excluding carboxylic acids is 1. The zero-order chi connectivity index (χ0) is 20.5. The molecule has 0 fully saturated rings.